The number of hydrogen-bond acceptors (Lipinski definition) is 2. The molecule has 0 aliphatic rings. The molecule has 0 fully saturated rings. The van der Waals surface area contributed by atoms with Crippen LogP contribution in [0.3, 0.4) is 0 Å². The highest BCUT2D eigenvalue weighted by Gasteiger charge is 2.02. The second kappa shape index (κ2) is 7.11. The first-order valence-electron chi connectivity index (χ1n) is 7.31. The zero-order valence-corrected chi connectivity index (χ0v) is 12.5. The molecule has 0 unspecified atom stereocenters. The van der Waals surface area contributed by atoms with Crippen LogP contribution in [0.4, 0.5) is 5.69 Å². The minimum Gasteiger partial charge on any atom is -0.370 e. The summed E-state index contributed by atoms with van der Waals surface area (Å²) < 4.78 is 0. The van der Waals surface area contributed by atoms with Gasteiger partial charge in [-0.3, -0.25) is 0 Å². The standard InChI is InChI=1S/C18H24N2/c1-3-4-15-5-7-17(8-6-15)14-20(2)18-11-9-16(13-19)10-12-18/h5-12H,3-4,13-14,19H2,1-2H3. The summed E-state index contributed by atoms with van der Waals surface area (Å²) in [5.41, 5.74) is 10.8. The quantitative estimate of drug-likeness (QED) is 0.865. The maximum atomic E-state index is 5.62. The van der Waals surface area contributed by atoms with Gasteiger partial charge in [-0.25, -0.2) is 0 Å². The molecule has 0 spiro atoms. The Morgan fingerprint density at radius 2 is 1.40 bits per heavy atom. The molecule has 0 aliphatic heterocycles. The van der Waals surface area contributed by atoms with E-state index in [-0.39, 0.29) is 0 Å². The van der Waals surface area contributed by atoms with E-state index in [2.05, 4.69) is 67.4 Å². The minimum atomic E-state index is 0.600. The summed E-state index contributed by atoms with van der Waals surface area (Å²) in [7, 11) is 2.12. The van der Waals surface area contributed by atoms with E-state index in [1.54, 1.807) is 0 Å². The first-order valence-corrected chi connectivity index (χ1v) is 7.31. The van der Waals surface area contributed by atoms with E-state index in [4.69, 9.17) is 5.73 Å². The largest absolute Gasteiger partial charge is 0.370 e. The molecule has 0 aromatic heterocycles. The second-order valence-corrected chi connectivity index (χ2v) is 5.29. The van der Waals surface area contributed by atoms with Gasteiger partial charge >= 0.3 is 0 Å². The van der Waals surface area contributed by atoms with Crippen molar-refractivity contribution < 1.29 is 0 Å². The van der Waals surface area contributed by atoms with E-state index in [1.165, 1.54) is 28.8 Å². The predicted octanol–water partition coefficient (Wildman–Crippen LogP) is 3.73. The van der Waals surface area contributed by atoms with E-state index in [1.807, 2.05) is 0 Å². The van der Waals surface area contributed by atoms with Crippen molar-refractivity contribution in [1.29, 1.82) is 0 Å². The molecule has 0 radical (unpaired) electrons. The fraction of sp³-hybridized carbons (Fsp3) is 0.333. The minimum absolute atomic E-state index is 0.600. The molecule has 0 heterocycles. The number of benzene rings is 2. The van der Waals surface area contributed by atoms with Gasteiger partial charge in [0.1, 0.15) is 0 Å². The third-order valence-electron chi connectivity index (χ3n) is 3.59. The average Bonchev–Trinajstić information content (AvgIpc) is 2.49. The molecule has 0 aliphatic carbocycles. The third kappa shape index (κ3) is 3.84. The lowest BCUT2D eigenvalue weighted by Crippen LogP contribution is -2.16. The topological polar surface area (TPSA) is 29.3 Å². The summed E-state index contributed by atoms with van der Waals surface area (Å²) in [6.07, 6.45) is 2.36. The van der Waals surface area contributed by atoms with E-state index in [0.717, 1.165) is 13.0 Å². The van der Waals surface area contributed by atoms with Crippen molar-refractivity contribution in [3.63, 3.8) is 0 Å². The van der Waals surface area contributed by atoms with Crippen LogP contribution >= 0.6 is 0 Å². The summed E-state index contributed by atoms with van der Waals surface area (Å²) in [6.45, 7) is 3.74. The number of anilines is 1. The first kappa shape index (κ1) is 14.6. The molecule has 0 amide bonds. The fourth-order valence-electron chi connectivity index (χ4n) is 2.35. The number of hydrogen-bond donors (Lipinski definition) is 1. The smallest absolute Gasteiger partial charge is 0.0426 e. The molecule has 2 heteroatoms. The highest BCUT2D eigenvalue weighted by atomic mass is 15.1. The SMILES string of the molecule is CCCc1ccc(CN(C)c2ccc(CN)cc2)cc1. The van der Waals surface area contributed by atoms with Crippen LogP contribution in [0.15, 0.2) is 48.5 Å². The Morgan fingerprint density at radius 1 is 0.850 bits per heavy atom. The lowest BCUT2D eigenvalue weighted by molar-refractivity contribution is 0.904. The van der Waals surface area contributed by atoms with Crippen molar-refractivity contribution in [3.05, 3.63) is 65.2 Å². The summed E-state index contributed by atoms with van der Waals surface area (Å²) in [6, 6.07) is 17.4. The zero-order valence-electron chi connectivity index (χ0n) is 12.5. The Bertz CT molecular complexity index is 514. The van der Waals surface area contributed by atoms with Gasteiger partial charge in [-0.1, -0.05) is 49.7 Å². The molecule has 2 nitrogen and oxygen atoms in total. The van der Waals surface area contributed by atoms with Gasteiger partial charge in [-0.2, -0.15) is 0 Å². The Kier molecular flexibility index (Phi) is 5.19. The van der Waals surface area contributed by atoms with Gasteiger partial charge in [0.2, 0.25) is 0 Å². The fourth-order valence-corrected chi connectivity index (χ4v) is 2.35. The molecule has 2 N–H and O–H groups in total. The number of nitrogens with two attached hydrogens (primary N) is 1. The molecule has 2 rings (SSSR count). The summed E-state index contributed by atoms with van der Waals surface area (Å²) in [5, 5.41) is 0. The number of nitrogens with zero attached hydrogens (tertiary/aromatic N) is 1. The second-order valence-electron chi connectivity index (χ2n) is 5.29. The normalized spacial score (nSPS) is 10.6. The molecule has 20 heavy (non-hydrogen) atoms. The van der Waals surface area contributed by atoms with Gasteiger partial charge in [0.05, 0.1) is 0 Å². The predicted molar refractivity (Wildman–Crippen MR) is 86.9 cm³/mol. The van der Waals surface area contributed by atoms with Gasteiger partial charge in [0, 0.05) is 25.8 Å². The maximum absolute atomic E-state index is 5.62. The highest BCUT2D eigenvalue weighted by Crippen LogP contribution is 2.17. The first-order chi connectivity index (χ1) is 9.72. The Hall–Kier alpha value is -1.80. The Morgan fingerprint density at radius 3 is 1.95 bits per heavy atom. The van der Waals surface area contributed by atoms with Crippen molar-refractivity contribution >= 4 is 5.69 Å². The zero-order chi connectivity index (χ0) is 14.4. The van der Waals surface area contributed by atoms with Crippen LogP contribution < -0.4 is 10.6 Å². The van der Waals surface area contributed by atoms with Gasteiger partial charge < -0.3 is 10.6 Å². The van der Waals surface area contributed by atoms with E-state index in [0.29, 0.717) is 6.54 Å². The van der Waals surface area contributed by atoms with Crippen LogP contribution in [0.2, 0.25) is 0 Å². The van der Waals surface area contributed by atoms with Crippen molar-refractivity contribution in [2.45, 2.75) is 32.9 Å². The molecule has 0 bridgehead atoms. The van der Waals surface area contributed by atoms with Gasteiger partial charge in [0.15, 0.2) is 0 Å². The van der Waals surface area contributed by atoms with E-state index in [9.17, 15) is 0 Å². The Balaban J connectivity index is 2.00. The lowest BCUT2D eigenvalue weighted by atomic mass is 10.1. The van der Waals surface area contributed by atoms with E-state index >= 15 is 0 Å². The van der Waals surface area contributed by atoms with Gasteiger partial charge in [0.25, 0.3) is 0 Å². The van der Waals surface area contributed by atoms with Gasteiger partial charge in [-0.15, -0.1) is 0 Å². The van der Waals surface area contributed by atoms with E-state index < -0.39 is 0 Å². The molecule has 0 saturated carbocycles. The monoisotopic (exact) mass is 268 g/mol. The molecule has 0 atom stereocenters. The summed E-state index contributed by atoms with van der Waals surface area (Å²) in [4.78, 5) is 2.26. The van der Waals surface area contributed by atoms with Crippen LogP contribution in [0.5, 0.6) is 0 Å². The van der Waals surface area contributed by atoms with Crippen molar-refractivity contribution in [2.75, 3.05) is 11.9 Å². The van der Waals surface area contributed by atoms with Crippen LogP contribution in [-0.4, -0.2) is 7.05 Å². The van der Waals surface area contributed by atoms with Crippen LogP contribution in [-0.2, 0) is 19.5 Å². The molecule has 0 saturated heterocycles. The number of aryl methyl sites for hydroxylation is 1. The molecule has 106 valence electrons. The molecule has 2 aromatic carbocycles. The average molecular weight is 268 g/mol. The molecular weight excluding hydrogens is 244 g/mol. The number of rotatable bonds is 6. The summed E-state index contributed by atoms with van der Waals surface area (Å²) in [5.74, 6) is 0. The Labute approximate surface area is 122 Å². The van der Waals surface area contributed by atoms with Gasteiger partial charge in [-0.05, 0) is 35.2 Å². The van der Waals surface area contributed by atoms with Crippen LogP contribution in [0.1, 0.15) is 30.0 Å². The lowest BCUT2D eigenvalue weighted by Gasteiger charge is -2.20. The van der Waals surface area contributed by atoms with Crippen LogP contribution in [0.25, 0.3) is 0 Å². The summed E-state index contributed by atoms with van der Waals surface area (Å²) >= 11 is 0. The highest BCUT2D eigenvalue weighted by molar-refractivity contribution is 5.47. The maximum Gasteiger partial charge on any atom is 0.0426 e. The van der Waals surface area contributed by atoms with Crippen molar-refractivity contribution in [2.24, 2.45) is 5.73 Å². The van der Waals surface area contributed by atoms with Crippen LogP contribution in [0, 0.1) is 0 Å². The molecular formula is C18H24N2. The van der Waals surface area contributed by atoms with Crippen molar-refractivity contribution in [3.8, 4) is 0 Å². The molecule has 2 aromatic rings. The van der Waals surface area contributed by atoms with Crippen molar-refractivity contribution in [1.82, 2.24) is 0 Å². The third-order valence-corrected chi connectivity index (χ3v) is 3.59.